The van der Waals surface area contributed by atoms with E-state index in [1.54, 1.807) is 18.6 Å². The number of nitrogens with zero attached hydrogens (tertiary/aromatic N) is 2. The Hall–Kier alpha value is -0.935. The molecule has 0 radical (unpaired) electrons. The first-order valence-electron chi connectivity index (χ1n) is 4.66. The molecule has 0 spiro atoms. The standard InChI is InChI=1S/C9H13BN2O2/c1-9(2)6-13-10(14-7-9)8-5-11-3-4-12-8/h3-5H,6-7H2,1-2H3. The maximum Gasteiger partial charge on any atom is 0.515 e. The minimum absolute atomic E-state index is 0.0959. The molecule has 1 aromatic heterocycles. The Labute approximate surface area is 83.8 Å². The van der Waals surface area contributed by atoms with Crippen LogP contribution < -0.4 is 5.59 Å². The van der Waals surface area contributed by atoms with Crippen molar-refractivity contribution >= 4 is 12.7 Å². The summed E-state index contributed by atoms with van der Waals surface area (Å²) in [5, 5.41) is 0. The predicted molar refractivity (Wildman–Crippen MR) is 53.1 cm³/mol. The van der Waals surface area contributed by atoms with Crippen molar-refractivity contribution in [2.75, 3.05) is 13.2 Å². The summed E-state index contributed by atoms with van der Waals surface area (Å²) in [6.45, 7) is 5.60. The summed E-state index contributed by atoms with van der Waals surface area (Å²) < 4.78 is 11.1. The first-order valence-corrected chi connectivity index (χ1v) is 4.66. The summed E-state index contributed by atoms with van der Waals surface area (Å²) in [5.41, 5.74) is 0.835. The highest BCUT2D eigenvalue weighted by molar-refractivity contribution is 6.60. The van der Waals surface area contributed by atoms with Crippen LogP contribution in [0.4, 0.5) is 0 Å². The molecule has 0 N–H and O–H groups in total. The highest BCUT2D eigenvalue weighted by atomic mass is 16.6. The Morgan fingerprint density at radius 3 is 2.57 bits per heavy atom. The fourth-order valence-electron chi connectivity index (χ4n) is 1.30. The second-order valence-corrected chi connectivity index (χ2v) is 4.25. The molecule has 2 heterocycles. The molecular formula is C9H13BN2O2. The zero-order valence-electron chi connectivity index (χ0n) is 8.43. The third-order valence-electron chi connectivity index (χ3n) is 2.08. The molecule has 1 aromatic rings. The van der Waals surface area contributed by atoms with Gasteiger partial charge in [0.15, 0.2) is 0 Å². The van der Waals surface area contributed by atoms with Gasteiger partial charge in [-0.15, -0.1) is 0 Å². The van der Waals surface area contributed by atoms with E-state index < -0.39 is 0 Å². The molecule has 0 atom stereocenters. The van der Waals surface area contributed by atoms with E-state index in [1.165, 1.54) is 0 Å². The largest absolute Gasteiger partial charge is 0.515 e. The van der Waals surface area contributed by atoms with E-state index in [1.807, 2.05) is 0 Å². The van der Waals surface area contributed by atoms with E-state index in [2.05, 4.69) is 23.8 Å². The van der Waals surface area contributed by atoms with Crippen molar-refractivity contribution in [1.82, 2.24) is 9.97 Å². The van der Waals surface area contributed by atoms with Crippen molar-refractivity contribution < 1.29 is 9.31 Å². The number of hydrogen-bond donors (Lipinski definition) is 0. The zero-order chi connectivity index (χ0) is 10.0. The molecule has 0 bridgehead atoms. The van der Waals surface area contributed by atoms with Crippen LogP contribution in [0.25, 0.3) is 0 Å². The minimum atomic E-state index is -0.350. The molecule has 1 fully saturated rings. The molecule has 2 rings (SSSR count). The van der Waals surface area contributed by atoms with Crippen LogP contribution in [0.1, 0.15) is 13.8 Å². The second kappa shape index (κ2) is 3.67. The Morgan fingerprint density at radius 2 is 2.00 bits per heavy atom. The molecule has 1 saturated heterocycles. The number of hydrogen-bond acceptors (Lipinski definition) is 4. The normalized spacial score (nSPS) is 20.9. The number of aromatic nitrogens is 2. The van der Waals surface area contributed by atoms with Gasteiger partial charge in [0.1, 0.15) is 0 Å². The summed E-state index contributed by atoms with van der Waals surface area (Å²) in [4.78, 5) is 8.11. The van der Waals surface area contributed by atoms with Crippen LogP contribution in [0.3, 0.4) is 0 Å². The molecule has 0 aliphatic carbocycles. The smallest absolute Gasteiger partial charge is 0.406 e. The van der Waals surface area contributed by atoms with Gasteiger partial charge in [0.05, 0.1) is 5.59 Å². The minimum Gasteiger partial charge on any atom is -0.406 e. The molecule has 1 aliphatic rings. The SMILES string of the molecule is CC1(C)COB(c2cnccn2)OC1. The van der Waals surface area contributed by atoms with E-state index in [9.17, 15) is 0 Å². The topological polar surface area (TPSA) is 44.2 Å². The van der Waals surface area contributed by atoms with Crippen LogP contribution in [0.15, 0.2) is 18.6 Å². The van der Waals surface area contributed by atoms with Crippen LogP contribution in [-0.2, 0) is 9.31 Å². The van der Waals surface area contributed by atoms with Gasteiger partial charge in [0.2, 0.25) is 0 Å². The average Bonchev–Trinajstić information content (AvgIpc) is 2.19. The summed E-state index contributed by atoms with van der Waals surface area (Å²) in [7, 11) is -0.350. The second-order valence-electron chi connectivity index (χ2n) is 4.25. The first kappa shape index (κ1) is 9.61. The molecule has 74 valence electrons. The molecule has 4 nitrogen and oxygen atoms in total. The van der Waals surface area contributed by atoms with Crippen LogP contribution in [0, 0.1) is 5.41 Å². The number of rotatable bonds is 1. The van der Waals surface area contributed by atoms with Crippen molar-refractivity contribution in [2.24, 2.45) is 5.41 Å². The molecule has 1 aliphatic heterocycles. The summed E-state index contributed by atoms with van der Waals surface area (Å²) in [5.74, 6) is 0. The molecule has 14 heavy (non-hydrogen) atoms. The van der Waals surface area contributed by atoms with Gasteiger partial charge in [0, 0.05) is 37.2 Å². The highest BCUT2D eigenvalue weighted by Gasteiger charge is 2.34. The fraction of sp³-hybridized carbons (Fsp3) is 0.556. The Balaban J connectivity index is 2.03. The lowest BCUT2D eigenvalue weighted by molar-refractivity contribution is 0.0339. The maximum absolute atomic E-state index is 5.55. The summed E-state index contributed by atoms with van der Waals surface area (Å²) in [6.07, 6.45) is 4.95. The van der Waals surface area contributed by atoms with Crippen LogP contribution in [-0.4, -0.2) is 30.3 Å². The van der Waals surface area contributed by atoms with Gasteiger partial charge in [-0.05, 0) is 0 Å². The van der Waals surface area contributed by atoms with Gasteiger partial charge in [-0.3, -0.25) is 9.97 Å². The third kappa shape index (κ3) is 2.11. The van der Waals surface area contributed by atoms with E-state index in [4.69, 9.17) is 9.31 Å². The van der Waals surface area contributed by atoms with Gasteiger partial charge in [-0.25, -0.2) is 0 Å². The molecule has 0 unspecified atom stereocenters. The lowest BCUT2D eigenvalue weighted by atomic mass is 9.80. The third-order valence-corrected chi connectivity index (χ3v) is 2.08. The van der Waals surface area contributed by atoms with Gasteiger partial charge in [-0.1, -0.05) is 13.8 Å². The lowest BCUT2D eigenvalue weighted by Gasteiger charge is -2.32. The first-order chi connectivity index (χ1) is 6.67. The van der Waals surface area contributed by atoms with Crippen LogP contribution in [0.2, 0.25) is 0 Å². The van der Waals surface area contributed by atoms with E-state index >= 15 is 0 Å². The van der Waals surface area contributed by atoms with Crippen molar-refractivity contribution in [3.63, 3.8) is 0 Å². The van der Waals surface area contributed by atoms with E-state index in [-0.39, 0.29) is 12.5 Å². The Kier molecular flexibility index (Phi) is 2.52. The van der Waals surface area contributed by atoms with E-state index in [0.717, 1.165) is 5.59 Å². The highest BCUT2D eigenvalue weighted by Crippen LogP contribution is 2.20. The van der Waals surface area contributed by atoms with Crippen molar-refractivity contribution in [3.8, 4) is 0 Å². The van der Waals surface area contributed by atoms with E-state index in [0.29, 0.717) is 13.2 Å². The molecule has 5 heteroatoms. The van der Waals surface area contributed by atoms with Crippen molar-refractivity contribution in [3.05, 3.63) is 18.6 Å². The van der Waals surface area contributed by atoms with Crippen LogP contribution in [0.5, 0.6) is 0 Å². The molecule has 0 saturated carbocycles. The average molecular weight is 192 g/mol. The van der Waals surface area contributed by atoms with Gasteiger partial charge in [0.25, 0.3) is 0 Å². The molecule has 0 amide bonds. The molecule has 0 aromatic carbocycles. The van der Waals surface area contributed by atoms with Gasteiger partial charge < -0.3 is 9.31 Å². The monoisotopic (exact) mass is 192 g/mol. The Morgan fingerprint density at radius 1 is 1.29 bits per heavy atom. The fourth-order valence-corrected chi connectivity index (χ4v) is 1.30. The molecular weight excluding hydrogens is 179 g/mol. The summed E-state index contributed by atoms with van der Waals surface area (Å²) >= 11 is 0. The Bertz CT molecular complexity index is 295. The zero-order valence-corrected chi connectivity index (χ0v) is 8.43. The maximum atomic E-state index is 5.55. The van der Waals surface area contributed by atoms with Gasteiger partial charge in [-0.2, -0.15) is 0 Å². The van der Waals surface area contributed by atoms with Crippen molar-refractivity contribution in [2.45, 2.75) is 13.8 Å². The van der Waals surface area contributed by atoms with Gasteiger partial charge >= 0.3 is 7.12 Å². The lowest BCUT2D eigenvalue weighted by Crippen LogP contribution is -2.48. The quantitative estimate of drug-likeness (QED) is 0.598. The van der Waals surface area contributed by atoms with Crippen molar-refractivity contribution in [1.29, 1.82) is 0 Å². The van der Waals surface area contributed by atoms with Crippen LogP contribution >= 0.6 is 0 Å². The summed E-state index contributed by atoms with van der Waals surface area (Å²) in [6, 6.07) is 0. The predicted octanol–water partition coefficient (Wildman–Crippen LogP) is 0.245.